The number of carbonyl (C=O) groups excluding carboxylic acids is 1. The molecule has 0 fully saturated rings. The monoisotopic (exact) mass is 295 g/mol. The van der Waals surface area contributed by atoms with Crippen molar-refractivity contribution in [2.24, 2.45) is 5.73 Å². The summed E-state index contributed by atoms with van der Waals surface area (Å²) in [5.41, 5.74) is 3.77. The van der Waals surface area contributed by atoms with Gasteiger partial charge in [-0.05, 0) is 25.1 Å². The Morgan fingerprint density at radius 2 is 2.05 bits per heavy atom. The summed E-state index contributed by atoms with van der Waals surface area (Å²) in [5, 5.41) is 9.47. The smallest absolute Gasteiger partial charge is 0.416 e. The van der Waals surface area contributed by atoms with Crippen LogP contribution in [0.1, 0.15) is 24.1 Å². The Kier molecular flexibility index (Phi) is 4.93. The van der Waals surface area contributed by atoms with Crippen LogP contribution in [0, 0.1) is 0 Å². The molecule has 0 aromatic heterocycles. The van der Waals surface area contributed by atoms with Gasteiger partial charge in [-0.3, -0.25) is 0 Å². The molecule has 8 heteroatoms. The van der Waals surface area contributed by atoms with Gasteiger partial charge >= 0.3 is 12.1 Å². The van der Waals surface area contributed by atoms with Gasteiger partial charge in [-0.15, -0.1) is 0 Å². The first kappa shape index (κ1) is 16.2. The zero-order valence-electron chi connectivity index (χ0n) is 10.4. The van der Waals surface area contributed by atoms with Gasteiger partial charge < -0.3 is 15.6 Å². The van der Waals surface area contributed by atoms with Crippen molar-refractivity contribution in [2.45, 2.75) is 25.3 Å². The van der Waals surface area contributed by atoms with E-state index >= 15 is 0 Å². The summed E-state index contributed by atoms with van der Waals surface area (Å²) >= 11 is 0. The van der Waals surface area contributed by atoms with E-state index in [4.69, 9.17) is 5.73 Å². The Morgan fingerprint density at radius 1 is 1.45 bits per heavy atom. The number of aromatic hydroxyl groups is 1. The normalized spacial score (nSPS) is 14.7. The predicted octanol–water partition coefficient (Wildman–Crippen LogP) is 2.31. The van der Waals surface area contributed by atoms with Crippen molar-refractivity contribution < 1.29 is 32.2 Å². The van der Waals surface area contributed by atoms with E-state index in [1.54, 1.807) is 0 Å². The number of esters is 1. The van der Waals surface area contributed by atoms with Gasteiger partial charge in [-0.1, -0.05) is 0 Å². The number of phenols is 1. The third kappa shape index (κ3) is 3.60. The van der Waals surface area contributed by atoms with Crippen LogP contribution >= 0.6 is 0 Å². The Bertz CT molecular complexity index is 490. The summed E-state index contributed by atoms with van der Waals surface area (Å²) in [6, 6.07) is 0.126. The average molecular weight is 295 g/mol. The van der Waals surface area contributed by atoms with Crippen LogP contribution in [-0.2, 0) is 15.7 Å². The third-order valence-electron chi connectivity index (χ3n) is 2.54. The number of nitrogens with two attached hydrogens (primary N) is 1. The molecule has 0 amide bonds. The number of hydrogen-bond donors (Lipinski definition) is 2. The molecule has 1 aromatic rings. The summed E-state index contributed by atoms with van der Waals surface area (Å²) in [6.07, 6.45) is -7.04. The fourth-order valence-corrected chi connectivity index (χ4v) is 1.52. The Balaban J connectivity index is 3.09. The molecule has 2 atom stereocenters. The zero-order valence-corrected chi connectivity index (χ0v) is 10.4. The van der Waals surface area contributed by atoms with E-state index in [1.807, 2.05) is 0 Å². The maximum absolute atomic E-state index is 13.7. The van der Waals surface area contributed by atoms with Gasteiger partial charge in [0, 0.05) is 5.56 Å². The van der Waals surface area contributed by atoms with E-state index in [-0.39, 0.29) is 6.61 Å². The van der Waals surface area contributed by atoms with E-state index in [0.717, 1.165) is 6.07 Å². The molecule has 0 aliphatic carbocycles. The minimum Gasteiger partial charge on any atom is -0.508 e. The lowest BCUT2D eigenvalue weighted by molar-refractivity contribution is -0.149. The van der Waals surface area contributed by atoms with Crippen LogP contribution in [0.15, 0.2) is 18.2 Å². The number of benzene rings is 1. The highest BCUT2D eigenvalue weighted by Gasteiger charge is 2.34. The lowest BCUT2D eigenvalue weighted by Gasteiger charge is -2.18. The van der Waals surface area contributed by atoms with Crippen molar-refractivity contribution in [1.82, 2.24) is 0 Å². The molecule has 1 rings (SSSR count). The molecule has 0 bridgehead atoms. The highest BCUT2D eigenvalue weighted by Crippen LogP contribution is 2.35. The number of rotatable bonds is 4. The van der Waals surface area contributed by atoms with Crippen LogP contribution in [0.3, 0.4) is 0 Å². The van der Waals surface area contributed by atoms with E-state index < -0.39 is 41.2 Å². The van der Waals surface area contributed by atoms with Crippen molar-refractivity contribution in [3.05, 3.63) is 29.3 Å². The van der Waals surface area contributed by atoms with Crippen LogP contribution in [0.4, 0.5) is 17.6 Å². The average Bonchev–Trinajstić information content (AvgIpc) is 2.36. The van der Waals surface area contributed by atoms with Crippen LogP contribution in [0.25, 0.3) is 0 Å². The highest BCUT2D eigenvalue weighted by molar-refractivity contribution is 5.76. The highest BCUT2D eigenvalue weighted by atomic mass is 19.4. The summed E-state index contributed by atoms with van der Waals surface area (Å²) in [4.78, 5) is 11.2. The van der Waals surface area contributed by atoms with Crippen molar-refractivity contribution in [3.8, 4) is 5.75 Å². The molecule has 0 heterocycles. The molecule has 0 radical (unpaired) electrons. The number of carbonyl (C=O) groups is 1. The van der Waals surface area contributed by atoms with Gasteiger partial charge in [0.05, 0.1) is 18.2 Å². The maximum Gasteiger partial charge on any atom is 0.416 e. The van der Waals surface area contributed by atoms with Gasteiger partial charge in [-0.25, -0.2) is 9.18 Å². The van der Waals surface area contributed by atoms with Crippen LogP contribution < -0.4 is 5.73 Å². The van der Waals surface area contributed by atoms with Gasteiger partial charge in [0.15, 0.2) is 0 Å². The van der Waals surface area contributed by atoms with Crippen molar-refractivity contribution in [3.63, 3.8) is 0 Å². The first-order chi connectivity index (χ1) is 9.18. The molecule has 3 N–H and O–H groups in total. The van der Waals surface area contributed by atoms with Gasteiger partial charge in [-0.2, -0.15) is 13.2 Å². The van der Waals surface area contributed by atoms with E-state index in [0.29, 0.717) is 12.1 Å². The summed E-state index contributed by atoms with van der Waals surface area (Å²) in [5.74, 6) is -1.92. The second-order valence-electron chi connectivity index (χ2n) is 3.95. The minimum atomic E-state index is -4.67. The largest absolute Gasteiger partial charge is 0.508 e. The quantitative estimate of drug-likeness (QED) is 0.660. The summed E-state index contributed by atoms with van der Waals surface area (Å²) < 4.78 is 55.7. The second kappa shape index (κ2) is 6.08. The van der Waals surface area contributed by atoms with Crippen molar-refractivity contribution >= 4 is 5.97 Å². The third-order valence-corrected chi connectivity index (χ3v) is 2.54. The van der Waals surface area contributed by atoms with Crippen LogP contribution in [0.5, 0.6) is 5.75 Å². The minimum absolute atomic E-state index is 0.0967. The summed E-state index contributed by atoms with van der Waals surface area (Å²) in [7, 11) is 0. The number of ether oxygens (including phenoxy) is 1. The lowest BCUT2D eigenvalue weighted by atomic mass is 9.99. The Morgan fingerprint density at radius 3 is 2.55 bits per heavy atom. The molecule has 112 valence electrons. The summed E-state index contributed by atoms with van der Waals surface area (Å²) in [6.45, 7) is 1.35. The number of halogens is 4. The molecule has 0 aliphatic heterocycles. The number of alkyl halides is 4. The van der Waals surface area contributed by atoms with Crippen LogP contribution in [0.2, 0.25) is 0 Å². The zero-order chi connectivity index (χ0) is 15.5. The molecule has 4 nitrogen and oxygen atoms in total. The van der Waals surface area contributed by atoms with Crippen LogP contribution in [-0.4, -0.2) is 23.9 Å². The Hall–Kier alpha value is -1.83. The first-order valence-corrected chi connectivity index (χ1v) is 5.64. The number of hydrogen-bond acceptors (Lipinski definition) is 4. The molecule has 0 aliphatic rings. The number of phenolic OH excluding ortho intramolecular Hbond substituents is 1. The van der Waals surface area contributed by atoms with Crippen molar-refractivity contribution in [1.29, 1.82) is 0 Å². The molecule has 1 unspecified atom stereocenters. The second-order valence-corrected chi connectivity index (χ2v) is 3.95. The molecular formula is C12H13F4NO3. The van der Waals surface area contributed by atoms with Gasteiger partial charge in [0.25, 0.3) is 0 Å². The van der Waals surface area contributed by atoms with Gasteiger partial charge in [0.2, 0.25) is 6.17 Å². The van der Waals surface area contributed by atoms with E-state index in [1.165, 1.54) is 6.92 Å². The molecule has 20 heavy (non-hydrogen) atoms. The fourth-order valence-electron chi connectivity index (χ4n) is 1.52. The molecule has 0 spiro atoms. The molecular weight excluding hydrogens is 282 g/mol. The lowest BCUT2D eigenvalue weighted by Crippen LogP contribution is -2.31. The van der Waals surface area contributed by atoms with E-state index in [9.17, 15) is 27.5 Å². The molecule has 0 saturated carbocycles. The topological polar surface area (TPSA) is 72.5 Å². The predicted molar refractivity (Wildman–Crippen MR) is 61.6 cm³/mol. The SMILES string of the molecule is CCOC(=O)C(F)[C@H](N)c1cc(C(F)(F)F)ccc1O. The Labute approximate surface area is 112 Å². The maximum atomic E-state index is 13.7. The van der Waals surface area contributed by atoms with Gasteiger partial charge in [0.1, 0.15) is 5.75 Å². The van der Waals surface area contributed by atoms with E-state index in [2.05, 4.69) is 4.74 Å². The first-order valence-electron chi connectivity index (χ1n) is 5.64. The molecule has 1 aromatic carbocycles. The van der Waals surface area contributed by atoms with Crippen molar-refractivity contribution in [2.75, 3.05) is 6.61 Å². The standard InChI is InChI=1S/C12H13F4NO3/c1-2-20-11(19)9(13)10(17)7-5-6(12(14,15)16)3-4-8(7)18/h3-5,9-10,18H,2,17H2,1H3/t9?,10-/m1/s1. The molecule has 0 saturated heterocycles. The fraction of sp³-hybridized carbons (Fsp3) is 0.417.